The van der Waals surface area contributed by atoms with Gasteiger partial charge in [0.15, 0.2) is 5.65 Å². The number of hydrogen-bond donors (Lipinski definition) is 0. The Labute approximate surface area is 161 Å². The molecule has 0 amide bonds. The molecule has 142 valence electrons. The van der Waals surface area contributed by atoms with E-state index in [0.717, 1.165) is 9.54 Å². The van der Waals surface area contributed by atoms with Crippen LogP contribution in [0.3, 0.4) is 0 Å². The van der Waals surface area contributed by atoms with E-state index in [1.54, 1.807) is 30.3 Å². The van der Waals surface area contributed by atoms with E-state index in [1.807, 2.05) is 27.7 Å². The first kappa shape index (κ1) is 19.5. The minimum atomic E-state index is -3.77. The summed E-state index contributed by atoms with van der Waals surface area (Å²) in [6.07, 6.45) is 4.22. The van der Waals surface area contributed by atoms with Gasteiger partial charge in [0.1, 0.15) is 33.5 Å². The van der Waals surface area contributed by atoms with Crippen molar-refractivity contribution in [1.82, 2.24) is 13.9 Å². The molecule has 0 spiro atoms. The largest absolute Gasteiger partial charge is 0.591 e. The highest BCUT2D eigenvalue weighted by Crippen LogP contribution is 2.20. The molecule has 0 aliphatic rings. The van der Waals surface area contributed by atoms with Crippen LogP contribution in [0.15, 0.2) is 52.0 Å². The van der Waals surface area contributed by atoms with Crippen LogP contribution in [0.4, 0.5) is 0 Å². The van der Waals surface area contributed by atoms with Crippen molar-refractivity contribution in [2.24, 2.45) is 4.40 Å². The molecule has 0 saturated carbocycles. The molecule has 0 aliphatic carbocycles. The monoisotopic (exact) mass is 404 g/mol. The molecule has 0 aliphatic heterocycles. The van der Waals surface area contributed by atoms with Gasteiger partial charge in [0.05, 0.1) is 11.1 Å². The molecule has 1 aromatic carbocycles. The second kappa shape index (κ2) is 7.06. The van der Waals surface area contributed by atoms with Gasteiger partial charge in [-0.3, -0.25) is 0 Å². The van der Waals surface area contributed by atoms with Gasteiger partial charge in [-0.1, -0.05) is 22.1 Å². The number of hydrogen-bond acceptors (Lipinski definition) is 6. The Kier molecular flexibility index (Phi) is 5.11. The van der Waals surface area contributed by atoms with E-state index >= 15 is 0 Å². The molecular formula is C18H20N4O3S2. The van der Waals surface area contributed by atoms with E-state index in [9.17, 15) is 13.0 Å². The lowest BCUT2D eigenvalue weighted by Crippen LogP contribution is -2.25. The molecule has 0 bridgehead atoms. The zero-order chi connectivity index (χ0) is 19.8. The van der Waals surface area contributed by atoms with E-state index in [1.165, 1.54) is 18.6 Å². The zero-order valence-electron chi connectivity index (χ0n) is 15.4. The molecule has 7 nitrogen and oxygen atoms in total. The molecule has 0 fully saturated rings. The van der Waals surface area contributed by atoms with Crippen molar-refractivity contribution in [2.75, 3.05) is 0 Å². The van der Waals surface area contributed by atoms with Crippen LogP contribution in [0.2, 0.25) is 0 Å². The maximum Gasteiger partial charge on any atom is 0.269 e. The summed E-state index contributed by atoms with van der Waals surface area (Å²) >= 11 is -1.41. The van der Waals surface area contributed by atoms with Gasteiger partial charge >= 0.3 is 0 Å². The lowest BCUT2D eigenvalue weighted by molar-refractivity contribution is 0.561. The molecule has 0 N–H and O–H groups in total. The van der Waals surface area contributed by atoms with Crippen LogP contribution in [-0.2, 0) is 21.4 Å². The Hall–Kier alpha value is -2.23. The van der Waals surface area contributed by atoms with Crippen LogP contribution in [-0.4, -0.2) is 37.9 Å². The van der Waals surface area contributed by atoms with Crippen molar-refractivity contribution >= 4 is 38.8 Å². The lowest BCUT2D eigenvalue weighted by atomic mass is 10.2. The van der Waals surface area contributed by atoms with Crippen LogP contribution >= 0.6 is 0 Å². The summed E-state index contributed by atoms with van der Waals surface area (Å²) in [5.74, 6) is 0. The Bertz CT molecular complexity index is 1100. The topological polar surface area (TPSA) is 100 Å². The first-order chi connectivity index (χ1) is 12.6. The fourth-order valence-corrected chi connectivity index (χ4v) is 4.06. The van der Waals surface area contributed by atoms with Crippen molar-refractivity contribution in [3.05, 3.63) is 54.0 Å². The Morgan fingerprint density at radius 1 is 1.19 bits per heavy atom. The van der Waals surface area contributed by atoms with Gasteiger partial charge in [-0.2, -0.15) is 0 Å². The summed E-state index contributed by atoms with van der Waals surface area (Å²) in [5.41, 5.74) is 2.02. The van der Waals surface area contributed by atoms with Crippen molar-refractivity contribution in [1.29, 1.82) is 0 Å². The minimum absolute atomic E-state index is 0.179. The number of aryl methyl sites for hydroxylation is 1. The fourth-order valence-electron chi connectivity index (χ4n) is 2.24. The summed E-state index contributed by atoms with van der Waals surface area (Å²) < 4.78 is 42.4. The van der Waals surface area contributed by atoms with Gasteiger partial charge in [0, 0.05) is 6.20 Å². The molecule has 1 atom stereocenters. The second-order valence-corrected chi connectivity index (χ2v) is 10.8. The van der Waals surface area contributed by atoms with Crippen molar-refractivity contribution in [2.45, 2.75) is 37.3 Å². The van der Waals surface area contributed by atoms with Gasteiger partial charge in [-0.25, -0.2) is 22.4 Å². The highest BCUT2D eigenvalue weighted by molar-refractivity contribution is 7.91. The SMILES string of the molecule is Cc1ccc(S(=O)(=O)n2ccc3nc(C=N[S+]([O-])C(C)(C)C)cnc32)cc1. The summed E-state index contributed by atoms with van der Waals surface area (Å²) in [6, 6.07) is 8.19. The maximum atomic E-state index is 12.9. The van der Waals surface area contributed by atoms with Gasteiger partial charge in [-0.15, -0.1) is 0 Å². The van der Waals surface area contributed by atoms with Crippen LogP contribution in [0, 0.1) is 6.92 Å². The van der Waals surface area contributed by atoms with E-state index in [4.69, 9.17) is 0 Å². The summed E-state index contributed by atoms with van der Waals surface area (Å²) in [6.45, 7) is 7.37. The predicted octanol–water partition coefficient (Wildman–Crippen LogP) is 2.86. The van der Waals surface area contributed by atoms with Crippen LogP contribution in [0.25, 0.3) is 11.2 Å². The van der Waals surface area contributed by atoms with E-state index in [0.29, 0.717) is 11.2 Å². The van der Waals surface area contributed by atoms with Crippen molar-refractivity contribution < 1.29 is 13.0 Å². The first-order valence-corrected chi connectivity index (χ1v) is 10.8. The number of nitrogens with zero attached hydrogens (tertiary/aromatic N) is 4. The molecule has 2 aromatic heterocycles. The highest BCUT2D eigenvalue weighted by Gasteiger charge is 2.26. The molecule has 2 heterocycles. The average Bonchev–Trinajstić information content (AvgIpc) is 3.03. The third-order valence-corrected chi connectivity index (χ3v) is 6.78. The number of aromatic nitrogens is 3. The number of rotatable bonds is 4. The Balaban J connectivity index is 1.97. The Morgan fingerprint density at radius 2 is 1.85 bits per heavy atom. The van der Waals surface area contributed by atoms with E-state index in [2.05, 4.69) is 14.4 Å². The molecule has 3 rings (SSSR count). The summed E-state index contributed by atoms with van der Waals surface area (Å²) in [5, 5.41) is 0. The second-order valence-electron chi connectivity index (χ2n) is 7.03. The minimum Gasteiger partial charge on any atom is -0.591 e. The van der Waals surface area contributed by atoms with E-state index in [-0.39, 0.29) is 10.5 Å². The normalized spacial score (nSPS) is 14.1. The molecule has 3 aromatic rings. The standard InChI is InChI=1S/C18H20N4O3S2/c1-13-5-7-15(8-6-13)27(24,25)22-10-9-16-17(22)19-11-14(21-16)12-20-26(23)18(2,3)4/h5-12H,1-4H3. The van der Waals surface area contributed by atoms with Crippen molar-refractivity contribution in [3.63, 3.8) is 0 Å². The number of fused-ring (bicyclic) bond motifs is 1. The third kappa shape index (κ3) is 4.05. The first-order valence-electron chi connectivity index (χ1n) is 8.21. The maximum absolute atomic E-state index is 12.9. The molecule has 0 radical (unpaired) electrons. The average molecular weight is 405 g/mol. The summed E-state index contributed by atoms with van der Waals surface area (Å²) in [7, 11) is -3.77. The van der Waals surface area contributed by atoms with E-state index < -0.39 is 26.1 Å². The molecule has 1 unspecified atom stereocenters. The fraction of sp³-hybridized carbons (Fsp3) is 0.278. The van der Waals surface area contributed by atoms with Gasteiger partial charge in [-0.05, 0) is 45.9 Å². The highest BCUT2D eigenvalue weighted by atomic mass is 32.2. The van der Waals surface area contributed by atoms with Gasteiger partial charge < -0.3 is 4.55 Å². The van der Waals surface area contributed by atoms with Crippen LogP contribution in [0.5, 0.6) is 0 Å². The lowest BCUT2D eigenvalue weighted by Gasteiger charge is -2.17. The Morgan fingerprint density at radius 3 is 2.48 bits per heavy atom. The quantitative estimate of drug-likeness (QED) is 0.492. The van der Waals surface area contributed by atoms with Gasteiger partial charge in [0.2, 0.25) is 0 Å². The predicted molar refractivity (Wildman–Crippen MR) is 107 cm³/mol. The van der Waals surface area contributed by atoms with Crippen molar-refractivity contribution in [3.8, 4) is 0 Å². The third-order valence-electron chi connectivity index (χ3n) is 3.76. The smallest absolute Gasteiger partial charge is 0.269 e. The van der Waals surface area contributed by atoms with Crippen LogP contribution in [0.1, 0.15) is 32.0 Å². The molecule has 0 saturated heterocycles. The number of benzene rings is 1. The molecular weight excluding hydrogens is 384 g/mol. The summed E-state index contributed by atoms with van der Waals surface area (Å²) in [4.78, 5) is 8.74. The van der Waals surface area contributed by atoms with Gasteiger partial charge in [0.25, 0.3) is 10.0 Å². The molecule has 27 heavy (non-hydrogen) atoms. The molecule has 9 heteroatoms. The van der Waals surface area contributed by atoms with Crippen LogP contribution < -0.4 is 0 Å². The zero-order valence-corrected chi connectivity index (χ0v) is 17.1.